The van der Waals surface area contributed by atoms with Crippen molar-refractivity contribution >= 4 is 34.1 Å². The molecule has 32 heavy (non-hydrogen) atoms. The summed E-state index contributed by atoms with van der Waals surface area (Å²) >= 11 is 2.60. The molecule has 0 aliphatic rings. The number of thioether (sulfide) groups is 1. The quantitative estimate of drug-likeness (QED) is 0.365. The van der Waals surface area contributed by atoms with Crippen LogP contribution < -0.4 is 10.1 Å². The fourth-order valence-electron chi connectivity index (χ4n) is 2.84. The van der Waals surface area contributed by atoms with Crippen LogP contribution in [0.15, 0.2) is 65.1 Å². The van der Waals surface area contributed by atoms with Gasteiger partial charge >= 0.3 is 6.61 Å². The first-order valence-corrected chi connectivity index (χ1v) is 11.2. The summed E-state index contributed by atoms with van der Waals surface area (Å²) in [7, 11) is 1.77. The van der Waals surface area contributed by atoms with Crippen molar-refractivity contribution in [3.05, 3.63) is 60.0 Å². The lowest BCUT2D eigenvalue weighted by Gasteiger charge is -2.06. The van der Waals surface area contributed by atoms with Crippen LogP contribution in [0.3, 0.4) is 0 Å². The van der Waals surface area contributed by atoms with Crippen LogP contribution in [0.5, 0.6) is 5.75 Å². The lowest BCUT2D eigenvalue weighted by Crippen LogP contribution is -2.14. The number of aromatic nitrogens is 4. The predicted octanol–water partition coefficient (Wildman–Crippen LogP) is 4.94. The summed E-state index contributed by atoms with van der Waals surface area (Å²) in [4.78, 5) is 16.8. The Morgan fingerprint density at radius 2 is 1.88 bits per heavy atom. The summed E-state index contributed by atoms with van der Waals surface area (Å²) in [5, 5.41) is 14.0. The molecule has 2 heterocycles. The van der Waals surface area contributed by atoms with Gasteiger partial charge in [0.15, 0.2) is 16.1 Å². The van der Waals surface area contributed by atoms with Crippen LogP contribution in [0.25, 0.3) is 22.6 Å². The summed E-state index contributed by atoms with van der Waals surface area (Å²) in [5.41, 5.74) is 2.48. The Kier molecular flexibility index (Phi) is 6.76. The number of nitrogens with one attached hydrogen (secondary N) is 1. The zero-order valence-electron chi connectivity index (χ0n) is 16.7. The zero-order valence-corrected chi connectivity index (χ0v) is 18.4. The maximum Gasteiger partial charge on any atom is 0.387 e. The second-order valence-electron chi connectivity index (χ2n) is 6.51. The van der Waals surface area contributed by atoms with Crippen molar-refractivity contribution in [3.8, 4) is 28.4 Å². The summed E-state index contributed by atoms with van der Waals surface area (Å²) < 4.78 is 30.7. The highest BCUT2D eigenvalue weighted by atomic mass is 32.2. The first kappa shape index (κ1) is 21.9. The lowest BCUT2D eigenvalue weighted by molar-refractivity contribution is -0.113. The van der Waals surface area contributed by atoms with Crippen LogP contribution in [0.1, 0.15) is 0 Å². The molecule has 0 saturated heterocycles. The molecule has 7 nitrogen and oxygen atoms in total. The number of halogens is 2. The van der Waals surface area contributed by atoms with Gasteiger partial charge in [0.25, 0.3) is 0 Å². The van der Waals surface area contributed by atoms with Gasteiger partial charge in [-0.3, -0.25) is 4.79 Å². The number of anilines is 1. The molecule has 1 amide bonds. The number of ether oxygens (including phenoxy) is 1. The predicted molar refractivity (Wildman–Crippen MR) is 120 cm³/mol. The number of carbonyl (C=O) groups is 1. The Bertz CT molecular complexity index is 1200. The third-order valence-corrected chi connectivity index (χ3v) is 6.10. The maximum atomic E-state index is 12.3. The van der Waals surface area contributed by atoms with Gasteiger partial charge in [0.1, 0.15) is 5.75 Å². The normalized spacial score (nSPS) is 11.0. The van der Waals surface area contributed by atoms with E-state index in [-0.39, 0.29) is 17.4 Å². The molecule has 0 bridgehead atoms. The topological polar surface area (TPSA) is 81.9 Å². The molecule has 0 fully saturated rings. The Balaban J connectivity index is 1.35. The fourth-order valence-corrected chi connectivity index (χ4v) is 4.28. The van der Waals surface area contributed by atoms with E-state index in [2.05, 4.69) is 25.2 Å². The number of amides is 1. The first-order chi connectivity index (χ1) is 15.5. The molecule has 2 aromatic carbocycles. The van der Waals surface area contributed by atoms with Gasteiger partial charge in [0.2, 0.25) is 5.91 Å². The molecule has 0 atom stereocenters. The van der Waals surface area contributed by atoms with Crippen LogP contribution >= 0.6 is 23.1 Å². The van der Waals surface area contributed by atoms with E-state index in [0.717, 1.165) is 11.3 Å². The largest absolute Gasteiger partial charge is 0.435 e. The fraction of sp³-hybridized carbons (Fsp3) is 0.143. The Labute approximate surface area is 190 Å². The average molecular weight is 474 g/mol. The maximum absolute atomic E-state index is 12.3. The van der Waals surface area contributed by atoms with Gasteiger partial charge < -0.3 is 14.6 Å². The summed E-state index contributed by atoms with van der Waals surface area (Å²) in [5.74, 6) is 0.536. The molecule has 1 N–H and O–H groups in total. The minimum absolute atomic E-state index is 0.0646. The summed E-state index contributed by atoms with van der Waals surface area (Å²) in [6.45, 7) is -2.88. The van der Waals surface area contributed by atoms with Crippen molar-refractivity contribution in [2.45, 2.75) is 11.8 Å². The molecule has 0 saturated carbocycles. The molecule has 164 valence electrons. The van der Waals surface area contributed by atoms with Gasteiger partial charge in [-0.05, 0) is 24.3 Å². The average Bonchev–Trinajstić information content (AvgIpc) is 3.40. The number of nitrogens with zero attached hydrogens (tertiary/aromatic N) is 4. The van der Waals surface area contributed by atoms with E-state index in [1.54, 1.807) is 23.7 Å². The number of rotatable bonds is 8. The van der Waals surface area contributed by atoms with E-state index in [1.165, 1.54) is 35.2 Å². The molecule has 0 spiro atoms. The van der Waals surface area contributed by atoms with Crippen LogP contribution in [0, 0.1) is 0 Å². The second kappa shape index (κ2) is 9.88. The van der Waals surface area contributed by atoms with Crippen LogP contribution in [-0.4, -0.2) is 38.0 Å². The van der Waals surface area contributed by atoms with E-state index < -0.39 is 6.61 Å². The van der Waals surface area contributed by atoms with Crippen LogP contribution in [0.2, 0.25) is 0 Å². The van der Waals surface area contributed by atoms with Crippen molar-refractivity contribution in [1.29, 1.82) is 0 Å². The monoisotopic (exact) mass is 473 g/mol. The van der Waals surface area contributed by atoms with Gasteiger partial charge in [-0.25, -0.2) is 4.98 Å². The summed E-state index contributed by atoms with van der Waals surface area (Å²) in [6.07, 6.45) is 0. The van der Waals surface area contributed by atoms with E-state index >= 15 is 0 Å². The number of thiazole rings is 1. The number of benzene rings is 2. The number of carbonyl (C=O) groups excluding carboxylic acids is 1. The molecule has 0 unspecified atom stereocenters. The van der Waals surface area contributed by atoms with Gasteiger partial charge in [0.05, 0.1) is 11.4 Å². The minimum Gasteiger partial charge on any atom is -0.435 e. The highest BCUT2D eigenvalue weighted by molar-refractivity contribution is 7.99. The highest BCUT2D eigenvalue weighted by Gasteiger charge is 2.14. The van der Waals surface area contributed by atoms with Crippen molar-refractivity contribution in [2.75, 3.05) is 11.1 Å². The number of hydrogen-bond donors (Lipinski definition) is 1. The third-order valence-electron chi connectivity index (χ3n) is 4.33. The van der Waals surface area contributed by atoms with Crippen molar-refractivity contribution < 1.29 is 18.3 Å². The third kappa shape index (κ3) is 5.29. The molecule has 2 aromatic heterocycles. The molecular weight excluding hydrogens is 456 g/mol. The standard InChI is InChI=1S/C21H17F2N5O2S2/c1-28-18(14-7-9-15(10-8-14)30-19(22)23)26-27-21(28)32-12-17(29)25-20-24-16(11-31-20)13-5-3-2-4-6-13/h2-11,19H,12H2,1H3,(H,24,25,29). The Morgan fingerprint density at radius 3 is 2.59 bits per heavy atom. The summed E-state index contributed by atoms with van der Waals surface area (Å²) in [6, 6.07) is 15.8. The van der Waals surface area contributed by atoms with Crippen LogP contribution in [0.4, 0.5) is 13.9 Å². The van der Waals surface area contributed by atoms with Crippen molar-refractivity contribution in [2.24, 2.45) is 7.05 Å². The SMILES string of the molecule is Cn1c(SCC(=O)Nc2nc(-c3ccccc3)cs2)nnc1-c1ccc(OC(F)F)cc1. The lowest BCUT2D eigenvalue weighted by atomic mass is 10.2. The molecule has 4 rings (SSSR count). The molecule has 11 heteroatoms. The first-order valence-electron chi connectivity index (χ1n) is 9.38. The second-order valence-corrected chi connectivity index (χ2v) is 8.31. The van der Waals surface area contributed by atoms with Crippen molar-refractivity contribution in [1.82, 2.24) is 19.7 Å². The van der Waals surface area contributed by atoms with E-state index in [4.69, 9.17) is 0 Å². The molecule has 4 aromatic rings. The van der Waals surface area contributed by atoms with Crippen molar-refractivity contribution in [3.63, 3.8) is 0 Å². The van der Waals surface area contributed by atoms with Gasteiger partial charge in [-0.1, -0.05) is 42.1 Å². The molecule has 0 aliphatic heterocycles. The van der Waals surface area contributed by atoms with Gasteiger partial charge in [0, 0.05) is 23.6 Å². The van der Waals surface area contributed by atoms with Gasteiger partial charge in [-0.15, -0.1) is 21.5 Å². The zero-order chi connectivity index (χ0) is 22.5. The van der Waals surface area contributed by atoms with E-state index in [9.17, 15) is 13.6 Å². The molecule has 0 radical (unpaired) electrons. The van der Waals surface area contributed by atoms with E-state index in [0.29, 0.717) is 21.7 Å². The van der Waals surface area contributed by atoms with E-state index in [1.807, 2.05) is 35.7 Å². The smallest absolute Gasteiger partial charge is 0.387 e. The molecule has 0 aliphatic carbocycles. The molecular formula is C21H17F2N5O2S2. The number of alkyl halides is 2. The number of hydrogen-bond acceptors (Lipinski definition) is 7. The van der Waals surface area contributed by atoms with Crippen LogP contribution in [-0.2, 0) is 11.8 Å². The van der Waals surface area contributed by atoms with Gasteiger partial charge in [-0.2, -0.15) is 8.78 Å². The Hall–Kier alpha value is -3.31. The minimum atomic E-state index is -2.88. The Morgan fingerprint density at radius 1 is 1.12 bits per heavy atom. The highest BCUT2D eigenvalue weighted by Crippen LogP contribution is 2.27.